The van der Waals surface area contributed by atoms with E-state index in [9.17, 15) is 9.59 Å². The van der Waals surface area contributed by atoms with Crippen molar-refractivity contribution >= 4 is 29.0 Å². The van der Waals surface area contributed by atoms with Crippen molar-refractivity contribution in [2.24, 2.45) is 0 Å². The zero-order chi connectivity index (χ0) is 27.5. The quantitative estimate of drug-likeness (QED) is 0.173. The molecule has 0 saturated carbocycles. The molecule has 7 nitrogen and oxygen atoms in total. The summed E-state index contributed by atoms with van der Waals surface area (Å²) in [5.74, 6) is 1.59. The maximum atomic E-state index is 13.1. The summed E-state index contributed by atoms with van der Waals surface area (Å²) in [5.41, 5.74) is 3.55. The minimum Gasteiger partial charge on any atom is -0.357 e. The van der Waals surface area contributed by atoms with Crippen LogP contribution >= 0.6 is 11.8 Å². The Morgan fingerprint density at radius 2 is 1.68 bits per heavy atom. The van der Waals surface area contributed by atoms with Gasteiger partial charge < -0.3 is 9.80 Å². The summed E-state index contributed by atoms with van der Waals surface area (Å²) >= 11 is 1.54. The number of ketones is 1. The van der Waals surface area contributed by atoms with E-state index in [1.807, 2.05) is 61.5 Å². The number of hydrogen-bond donors (Lipinski definition) is 0. The number of carbonyl (C=O) groups excluding carboxylic acids is 1. The molecule has 6 rings (SSSR count). The second-order valence-corrected chi connectivity index (χ2v) is 11.8. The molecule has 2 saturated heterocycles. The van der Waals surface area contributed by atoms with E-state index in [1.54, 1.807) is 16.8 Å². The van der Waals surface area contributed by atoms with E-state index in [0.29, 0.717) is 34.1 Å². The Labute approximate surface area is 239 Å². The van der Waals surface area contributed by atoms with E-state index >= 15 is 0 Å². The summed E-state index contributed by atoms with van der Waals surface area (Å²) in [6.07, 6.45) is 9.87. The van der Waals surface area contributed by atoms with Gasteiger partial charge in [0.15, 0.2) is 5.78 Å². The van der Waals surface area contributed by atoms with Crippen molar-refractivity contribution in [1.82, 2.24) is 19.3 Å². The minimum absolute atomic E-state index is 0.0258. The van der Waals surface area contributed by atoms with E-state index in [4.69, 9.17) is 0 Å². The topological polar surface area (TPSA) is 70.8 Å². The molecule has 2 aliphatic rings. The number of hydrogen-bond acceptors (Lipinski definition) is 7. The van der Waals surface area contributed by atoms with Crippen LogP contribution in [-0.4, -0.2) is 57.3 Å². The van der Waals surface area contributed by atoms with Gasteiger partial charge in [-0.15, -0.1) is 11.8 Å². The molecule has 40 heavy (non-hydrogen) atoms. The van der Waals surface area contributed by atoms with Crippen LogP contribution in [0.3, 0.4) is 0 Å². The zero-order valence-electron chi connectivity index (χ0n) is 23.0. The van der Waals surface area contributed by atoms with Crippen LogP contribution in [0.15, 0.2) is 76.8 Å². The monoisotopic (exact) mass is 553 g/mol. The average molecular weight is 554 g/mol. The second kappa shape index (κ2) is 11.9. The number of fused-ring (bicyclic) bond motifs is 1. The van der Waals surface area contributed by atoms with E-state index < -0.39 is 0 Å². The van der Waals surface area contributed by atoms with Gasteiger partial charge in [0.2, 0.25) is 0 Å². The lowest BCUT2D eigenvalue weighted by molar-refractivity contribution is 0.103. The fourth-order valence-electron chi connectivity index (χ4n) is 5.82. The molecule has 0 amide bonds. The molecule has 4 aromatic rings. The summed E-state index contributed by atoms with van der Waals surface area (Å²) in [6.45, 7) is 6.36. The van der Waals surface area contributed by atoms with Crippen LogP contribution in [0.2, 0.25) is 0 Å². The largest absolute Gasteiger partial charge is 0.357 e. The van der Waals surface area contributed by atoms with Gasteiger partial charge in [0, 0.05) is 54.0 Å². The Morgan fingerprint density at radius 1 is 0.925 bits per heavy atom. The van der Waals surface area contributed by atoms with Crippen LogP contribution in [0.4, 0.5) is 5.82 Å². The Hall–Kier alpha value is -3.49. The highest BCUT2D eigenvalue weighted by molar-refractivity contribution is 7.98. The van der Waals surface area contributed by atoms with Gasteiger partial charge in [-0.2, -0.15) is 0 Å². The van der Waals surface area contributed by atoms with E-state index in [0.717, 1.165) is 29.5 Å². The maximum absolute atomic E-state index is 13.1. The Balaban J connectivity index is 1.05. The zero-order valence-corrected chi connectivity index (χ0v) is 23.8. The highest BCUT2D eigenvalue weighted by Gasteiger charge is 2.26. The van der Waals surface area contributed by atoms with Crippen LogP contribution < -0.4 is 10.5 Å². The molecule has 8 heteroatoms. The lowest BCUT2D eigenvalue weighted by Gasteiger charge is -2.40. The van der Waals surface area contributed by atoms with Gasteiger partial charge in [-0.25, -0.2) is 9.97 Å². The number of piperidine rings is 2. The first-order valence-electron chi connectivity index (χ1n) is 14.3. The third kappa shape index (κ3) is 5.69. The van der Waals surface area contributed by atoms with Gasteiger partial charge in [0.1, 0.15) is 16.5 Å². The number of nitrogens with zero attached hydrogens (tertiary/aromatic N) is 5. The minimum atomic E-state index is -0.0457. The highest BCUT2D eigenvalue weighted by atomic mass is 32.2. The third-order valence-electron chi connectivity index (χ3n) is 8.21. The molecular formula is C32H35N5O2S. The van der Waals surface area contributed by atoms with Crippen molar-refractivity contribution in [3.8, 4) is 0 Å². The fourth-order valence-corrected chi connectivity index (χ4v) is 6.78. The molecule has 0 unspecified atom stereocenters. The van der Waals surface area contributed by atoms with E-state index in [1.165, 1.54) is 57.0 Å². The molecule has 0 aliphatic carbocycles. The Kier molecular flexibility index (Phi) is 7.98. The molecule has 3 aromatic heterocycles. The molecule has 0 N–H and O–H groups in total. The highest BCUT2D eigenvalue weighted by Crippen LogP contribution is 2.26. The molecule has 206 valence electrons. The standard InChI is InChI=1S/C32H35N5O2S/c1-23-31(34-29-7-3-6-18-37(29)32(23)39)40-22-24-8-10-25(11-9-24)30(38)26-12-13-28(33-21-26)36-19-14-27(15-20-36)35-16-4-2-5-17-35/h3,6-13,18,21,27H,2,4-5,14-17,19-20,22H2,1H3. The first-order chi connectivity index (χ1) is 19.6. The predicted octanol–water partition coefficient (Wildman–Crippen LogP) is 5.38. The lowest BCUT2D eigenvalue weighted by atomic mass is 10.00. The van der Waals surface area contributed by atoms with Crippen LogP contribution in [-0.2, 0) is 5.75 Å². The van der Waals surface area contributed by atoms with Crippen LogP contribution in [0, 0.1) is 6.92 Å². The van der Waals surface area contributed by atoms with Gasteiger partial charge in [-0.3, -0.25) is 14.0 Å². The molecule has 0 atom stereocenters. The fraction of sp³-hybridized carbons (Fsp3) is 0.375. The first-order valence-corrected chi connectivity index (χ1v) is 15.2. The Bertz CT molecular complexity index is 1540. The Morgan fingerprint density at radius 3 is 2.40 bits per heavy atom. The van der Waals surface area contributed by atoms with Crippen LogP contribution in [0.25, 0.3) is 5.65 Å². The predicted molar refractivity (Wildman–Crippen MR) is 161 cm³/mol. The van der Waals surface area contributed by atoms with Gasteiger partial charge in [-0.05, 0) is 75.5 Å². The van der Waals surface area contributed by atoms with Crippen molar-refractivity contribution in [2.45, 2.75) is 55.8 Å². The molecular weight excluding hydrogens is 518 g/mol. The molecule has 0 radical (unpaired) electrons. The molecule has 0 bridgehead atoms. The number of pyridine rings is 2. The van der Waals surface area contributed by atoms with Crippen LogP contribution in [0.5, 0.6) is 0 Å². The first kappa shape index (κ1) is 26.7. The number of anilines is 1. The van der Waals surface area contributed by atoms with Crippen molar-refractivity contribution in [2.75, 3.05) is 31.1 Å². The van der Waals surface area contributed by atoms with Crippen molar-refractivity contribution < 1.29 is 4.79 Å². The summed E-state index contributed by atoms with van der Waals surface area (Å²) < 4.78 is 1.57. The van der Waals surface area contributed by atoms with Crippen molar-refractivity contribution in [3.63, 3.8) is 0 Å². The van der Waals surface area contributed by atoms with Crippen LogP contribution in [0.1, 0.15) is 59.2 Å². The van der Waals surface area contributed by atoms with Crippen molar-refractivity contribution in [1.29, 1.82) is 0 Å². The number of likely N-dealkylation sites (tertiary alicyclic amines) is 1. The van der Waals surface area contributed by atoms with Gasteiger partial charge in [-0.1, -0.05) is 36.8 Å². The summed E-state index contributed by atoms with van der Waals surface area (Å²) in [4.78, 5) is 40.2. The number of carbonyl (C=O) groups is 1. The number of benzene rings is 1. The van der Waals surface area contributed by atoms with E-state index in [2.05, 4.69) is 19.8 Å². The molecule has 2 fully saturated rings. The van der Waals surface area contributed by atoms with Gasteiger partial charge in [0.05, 0.1) is 0 Å². The van der Waals surface area contributed by atoms with E-state index in [-0.39, 0.29) is 11.3 Å². The summed E-state index contributed by atoms with van der Waals surface area (Å²) in [6, 6.07) is 17.8. The maximum Gasteiger partial charge on any atom is 0.261 e. The summed E-state index contributed by atoms with van der Waals surface area (Å²) in [5, 5.41) is 0.734. The number of thioether (sulfide) groups is 1. The number of aromatic nitrogens is 3. The number of rotatable bonds is 7. The smallest absolute Gasteiger partial charge is 0.261 e. The third-order valence-corrected chi connectivity index (χ3v) is 9.36. The molecule has 5 heterocycles. The summed E-state index contributed by atoms with van der Waals surface area (Å²) in [7, 11) is 0. The molecule has 1 aromatic carbocycles. The molecule has 0 spiro atoms. The molecule has 2 aliphatic heterocycles. The normalized spacial score (nSPS) is 16.9. The van der Waals surface area contributed by atoms with Gasteiger partial charge in [0.25, 0.3) is 5.56 Å². The average Bonchev–Trinajstić information content (AvgIpc) is 3.02. The lowest BCUT2D eigenvalue weighted by Crippen LogP contribution is -2.46. The van der Waals surface area contributed by atoms with Gasteiger partial charge >= 0.3 is 0 Å². The second-order valence-electron chi connectivity index (χ2n) is 10.8. The SMILES string of the molecule is Cc1c(SCc2ccc(C(=O)c3ccc(N4CCC(N5CCCCC5)CC4)nc3)cc2)nc2ccccn2c1=O. The van der Waals surface area contributed by atoms with Crippen molar-refractivity contribution in [3.05, 3.63) is 99.6 Å².